The van der Waals surface area contributed by atoms with E-state index in [-0.39, 0.29) is 18.1 Å². The Kier molecular flexibility index (Phi) is 11.0. The van der Waals surface area contributed by atoms with Crippen LogP contribution in [0.2, 0.25) is 0 Å². The van der Waals surface area contributed by atoms with E-state index in [0.29, 0.717) is 12.0 Å². The molecule has 1 N–H and O–H groups in total. The first-order valence-corrected chi connectivity index (χ1v) is 18.0. The Morgan fingerprint density at radius 1 is 0.562 bits per heavy atom. The second kappa shape index (κ2) is 15.9. The fraction of sp³-hybridized carbons (Fsp3) is 0.119. The molecule has 0 bridgehead atoms. The predicted molar refractivity (Wildman–Crippen MR) is 196 cm³/mol. The van der Waals surface area contributed by atoms with E-state index in [1.54, 1.807) is 0 Å². The second-order valence-electron chi connectivity index (χ2n) is 11.6. The molecule has 0 aliphatic heterocycles. The smallest absolute Gasteiger partial charge is 0.401 e. The summed E-state index contributed by atoms with van der Waals surface area (Å²) < 4.78 is 12.7. The number of hydrogen-bond acceptors (Lipinski definition) is 4. The van der Waals surface area contributed by atoms with Crippen LogP contribution in [-0.2, 0) is 14.2 Å². The molecule has 0 unspecified atom stereocenters. The van der Waals surface area contributed by atoms with Gasteiger partial charge in [-0.3, -0.25) is 4.79 Å². The van der Waals surface area contributed by atoms with Crippen molar-refractivity contribution in [1.82, 2.24) is 0 Å². The van der Waals surface area contributed by atoms with Crippen molar-refractivity contribution in [3.8, 4) is 0 Å². The molecular formula is C42H39BO4S. The first-order chi connectivity index (χ1) is 23.6. The maximum atomic E-state index is 13.8. The first-order valence-electron chi connectivity index (χ1n) is 16.3. The van der Waals surface area contributed by atoms with Gasteiger partial charge in [0.15, 0.2) is 5.78 Å². The van der Waals surface area contributed by atoms with Crippen molar-refractivity contribution in [2.45, 2.75) is 28.0 Å². The molecule has 0 aliphatic carbocycles. The molecule has 0 atom stereocenters. The Balaban J connectivity index is 1.27. The normalized spacial score (nSPS) is 11.9. The fourth-order valence-corrected chi connectivity index (χ4v) is 9.37. The number of carbonyl (C=O) groups is 1. The van der Waals surface area contributed by atoms with E-state index < -0.39 is 23.0 Å². The topological polar surface area (TPSA) is 55.8 Å². The fourth-order valence-electron chi connectivity index (χ4n) is 6.41. The highest BCUT2D eigenvalue weighted by Crippen LogP contribution is 2.63. The summed E-state index contributed by atoms with van der Waals surface area (Å²) in [5, 5.41) is 11.4. The van der Waals surface area contributed by atoms with Gasteiger partial charge < -0.3 is 13.8 Å². The predicted octanol–water partition coefficient (Wildman–Crippen LogP) is 9.53. The summed E-state index contributed by atoms with van der Waals surface area (Å²) in [7, 11) is -4.07. The molecule has 0 fully saturated rings. The lowest BCUT2D eigenvalue weighted by molar-refractivity contribution is 0.102. The Hall–Kier alpha value is -4.72. The molecule has 4 nitrogen and oxygen atoms in total. The molecule has 0 saturated carbocycles. The molecule has 0 heterocycles. The molecular weight excluding hydrogens is 611 g/mol. The van der Waals surface area contributed by atoms with E-state index in [1.807, 2.05) is 109 Å². The molecule has 6 aromatic carbocycles. The van der Waals surface area contributed by atoms with Gasteiger partial charge in [0.1, 0.15) is 0 Å². The summed E-state index contributed by atoms with van der Waals surface area (Å²) in [5.74, 6) is -0.00575. The van der Waals surface area contributed by atoms with Crippen LogP contribution in [0.4, 0.5) is 0 Å². The minimum Gasteiger partial charge on any atom is -0.401 e. The van der Waals surface area contributed by atoms with E-state index in [2.05, 4.69) is 72.8 Å². The lowest BCUT2D eigenvalue weighted by Gasteiger charge is -2.40. The first kappa shape index (κ1) is 33.2. The maximum Gasteiger partial charge on any atom is 0.647 e. The largest absolute Gasteiger partial charge is 0.647 e. The number of ketones is 1. The minimum atomic E-state index is -2.52. The van der Waals surface area contributed by atoms with E-state index in [1.165, 1.54) is 16.7 Å². The zero-order valence-corrected chi connectivity index (χ0v) is 27.6. The Morgan fingerprint density at radius 2 is 0.938 bits per heavy atom. The van der Waals surface area contributed by atoms with Crippen LogP contribution in [0, 0.1) is 0 Å². The molecule has 0 saturated heterocycles. The van der Waals surface area contributed by atoms with Crippen molar-refractivity contribution in [1.29, 1.82) is 0 Å². The van der Waals surface area contributed by atoms with Crippen LogP contribution < -0.4 is 0 Å². The van der Waals surface area contributed by atoms with Gasteiger partial charge in [0, 0.05) is 27.4 Å². The van der Waals surface area contributed by atoms with Crippen LogP contribution >= 0.6 is 10.3 Å². The zero-order valence-electron chi connectivity index (χ0n) is 26.8. The number of benzene rings is 6. The molecule has 6 rings (SSSR count). The SMILES string of the molecule is O=C(CS(OB(O)OCCCC(c1ccccc1)(c1ccccc1)c1ccccc1)(c1ccccc1)c1ccccc1)c1ccccc1. The van der Waals surface area contributed by atoms with Gasteiger partial charge in [0.05, 0.1) is 5.75 Å². The summed E-state index contributed by atoms with van der Waals surface area (Å²) in [6, 6.07) is 60.3. The van der Waals surface area contributed by atoms with E-state index >= 15 is 0 Å². The Morgan fingerprint density at radius 3 is 1.35 bits per heavy atom. The second-order valence-corrected chi connectivity index (χ2v) is 14.4. The minimum absolute atomic E-state index is 0.0601. The van der Waals surface area contributed by atoms with Gasteiger partial charge >= 0.3 is 7.32 Å². The van der Waals surface area contributed by atoms with Crippen molar-refractivity contribution < 1.29 is 18.6 Å². The van der Waals surface area contributed by atoms with Crippen LogP contribution in [0.1, 0.15) is 39.9 Å². The van der Waals surface area contributed by atoms with Gasteiger partial charge in [0.2, 0.25) is 0 Å². The summed E-state index contributed by atoms with van der Waals surface area (Å²) in [6.07, 6.45) is 1.38. The third kappa shape index (κ3) is 7.38. The van der Waals surface area contributed by atoms with Gasteiger partial charge in [-0.25, -0.2) is 0 Å². The van der Waals surface area contributed by atoms with Crippen LogP contribution in [0.15, 0.2) is 192 Å². The lowest BCUT2D eigenvalue weighted by atomic mass is 9.67. The molecule has 0 aromatic heterocycles. The molecule has 240 valence electrons. The van der Waals surface area contributed by atoms with Crippen molar-refractivity contribution in [3.63, 3.8) is 0 Å². The highest BCUT2D eigenvalue weighted by atomic mass is 32.3. The van der Waals surface area contributed by atoms with Crippen LogP contribution in [0.3, 0.4) is 0 Å². The molecule has 0 spiro atoms. The van der Waals surface area contributed by atoms with Gasteiger partial charge in [-0.15, -0.1) is 0 Å². The molecule has 6 heteroatoms. The van der Waals surface area contributed by atoms with Crippen LogP contribution in [0.25, 0.3) is 0 Å². The Bertz CT molecular complexity index is 1710. The summed E-state index contributed by atoms with van der Waals surface area (Å²) in [6.45, 7) is 0.251. The number of carbonyl (C=O) groups excluding carboxylic acids is 1. The van der Waals surface area contributed by atoms with E-state index in [0.717, 1.165) is 16.2 Å². The molecule has 0 amide bonds. The summed E-state index contributed by atoms with van der Waals surface area (Å²) >= 11 is 0. The molecule has 0 radical (unpaired) electrons. The monoisotopic (exact) mass is 650 g/mol. The maximum absolute atomic E-state index is 13.8. The quantitative estimate of drug-likeness (QED) is 0.0521. The summed E-state index contributed by atoms with van der Waals surface area (Å²) in [5.41, 5.74) is 3.74. The third-order valence-electron chi connectivity index (χ3n) is 8.68. The van der Waals surface area contributed by atoms with Crippen molar-refractivity contribution in [2.24, 2.45) is 0 Å². The average Bonchev–Trinajstić information content (AvgIpc) is 3.17. The lowest BCUT2D eigenvalue weighted by Crippen LogP contribution is -2.31. The molecule has 48 heavy (non-hydrogen) atoms. The third-order valence-corrected chi connectivity index (χ3v) is 11.9. The zero-order chi connectivity index (χ0) is 33.1. The molecule has 6 aromatic rings. The van der Waals surface area contributed by atoms with Crippen molar-refractivity contribution in [2.75, 3.05) is 12.4 Å². The van der Waals surface area contributed by atoms with Crippen molar-refractivity contribution >= 4 is 23.4 Å². The van der Waals surface area contributed by atoms with Crippen molar-refractivity contribution in [3.05, 3.63) is 204 Å². The highest BCUT2D eigenvalue weighted by Gasteiger charge is 2.39. The van der Waals surface area contributed by atoms with Crippen LogP contribution in [0.5, 0.6) is 0 Å². The highest BCUT2D eigenvalue weighted by molar-refractivity contribution is 8.31. The van der Waals surface area contributed by atoms with Crippen LogP contribution in [-0.4, -0.2) is 30.5 Å². The molecule has 0 aliphatic rings. The van der Waals surface area contributed by atoms with Gasteiger partial charge in [-0.1, -0.05) is 168 Å². The number of hydrogen-bond donors (Lipinski definition) is 1. The standard InChI is InChI=1S/C42H39BO4S/c44-41(35-20-7-1-8-21-35)34-48(39-28-15-5-16-29-39,40-30-17-6-18-31-40)47-43(45)46-33-19-32-42(36-22-9-2-10-23-36,37-24-11-3-12-25-37)38-26-13-4-14-27-38/h1-18,20-31,45H,19,32-34H2. The van der Waals surface area contributed by atoms with Gasteiger partial charge in [-0.2, -0.15) is 0 Å². The Labute approximate surface area is 285 Å². The van der Waals surface area contributed by atoms with Gasteiger partial charge in [0.25, 0.3) is 0 Å². The van der Waals surface area contributed by atoms with Gasteiger partial charge in [-0.05, 0) is 53.8 Å². The average molecular weight is 651 g/mol. The number of Topliss-reactive ketones (excluding diaryl/α,β-unsaturated/α-hetero) is 1. The number of rotatable bonds is 15. The summed E-state index contributed by atoms with van der Waals surface area (Å²) in [4.78, 5) is 15.4. The van der Waals surface area contributed by atoms with E-state index in [9.17, 15) is 9.82 Å². The van der Waals surface area contributed by atoms with E-state index in [4.69, 9.17) is 8.75 Å².